The van der Waals surface area contributed by atoms with Crippen LogP contribution in [0.3, 0.4) is 0 Å². The molecule has 0 amide bonds. The number of benzene rings is 1. The molecule has 0 aliphatic carbocycles. The second-order valence-electron chi connectivity index (χ2n) is 3.31. The van der Waals surface area contributed by atoms with Crippen molar-refractivity contribution in [3.05, 3.63) is 29.8 Å². The molecule has 0 heterocycles. The number of rotatable bonds is 7. The molecule has 0 atom stereocenters. The zero-order valence-corrected chi connectivity index (χ0v) is 10.8. The van der Waals surface area contributed by atoms with Gasteiger partial charge in [0.2, 0.25) is 0 Å². The van der Waals surface area contributed by atoms with E-state index in [1.54, 1.807) is 7.11 Å². The number of methoxy groups -OCH3 is 1. The van der Waals surface area contributed by atoms with Crippen molar-refractivity contribution in [2.45, 2.75) is 6.54 Å². The molecule has 0 aliphatic heterocycles. The fourth-order valence-corrected chi connectivity index (χ4v) is 1.24. The van der Waals surface area contributed by atoms with Crippen LogP contribution in [0.2, 0.25) is 0 Å². The van der Waals surface area contributed by atoms with Crippen LogP contribution >= 0.6 is 12.4 Å². The summed E-state index contributed by atoms with van der Waals surface area (Å²) in [5, 5.41) is 3.27. The van der Waals surface area contributed by atoms with Gasteiger partial charge in [0.05, 0.1) is 6.61 Å². The summed E-state index contributed by atoms with van der Waals surface area (Å²) in [6.45, 7) is 2.72. The van der Waals surface area contributed by atoms with Crippen molar-refractivity contribution in [2.24, 2.45) is 0 Å². The maximum absolute atomic E-state index is 5.28. The number of halogens is 1. The van der Waals surface area contributed by atoms with E-state index in [9.17, 15) is 0 Å². The minimum atomic E-state index is 0. The number of terminal acetylenes is 1. The number of ether oxygens (including phenoxy) is 2. The summed E-state index contributed by atoms with van der Waals surface area (Å²) < 4.78 is 10.2. The standard InChI is InChI=1S/C13H17NO2.ClH/c1-3-9-16-13-6-4-12(5-7-13)11-14-8-10-15-2;/h1,4-7,14H,8-11H2,2H3;1H. The van der Waals surface area contributed by atoms with Crippen LogP contribution in [0.15, 0.2) is 24.3 Å². The van der Waals surface area contributed by atoms with Gasteiger partial charge in [0.1, 0.15) is 12.4 Å². The second-order valence-corrected chi connectivity index (χ2v) is 3.31. The molecule has 94 valence electrons. The van der Waals surface area contributed by atoms with Gasteiger partial charge in [0.25, 0.3) is 0 Å². The molecule has 0 aliphatic rings. The molecule has 1 N–H and O–H groups in total. The van der Waals surface area contributed by atoms with Crippen molar-refractivity contribution in [2.75, 3.05) is 26.9 Å². The second kappa shape index (κ2) is 9.98. The Morgan fingerprint density at radius 1 is 1.29 bits per heavy atom. The molecule has 0 bridgehead atoms. The fraction of sp³-hybridized carbons (Fsp3) is 0.385. The van der Waals surface area contributed by atoms with E-state index in [0.29, 0.717) is 6.61 Å². The predicted molar refractivity (Wildman–Crippen MR) is 71.6 cm³/mol. The molecule has 1 aromatic carbocycles. The molecule has 0 spiro atoms. The molecule has 3 nitrogen and oxygen atoms in total. The van der Waals surface area contributed by atoms with Gasteiger partial charge in [-0.15, -0.1) is 18.8 Å². The van der Waals surface area contributed by atoms with Gasteiger partial charge >= 0.3 is 0 Å². The van der Waals surface area contributed by atoms with Gasteiger partial charge in [-0.05, 0) is 17.7 Å². The smallest absolute Gasteiger partial charge is 0.148 e. The average molecular weight is 256 g/mol. The summed E-state index contributed by atoms with van der Waals surface area (Å²) in [5.41, 5.74) is 1.21. The minimum absolute atomic E-state index is 0. The van der Waals surface area contributed by atoms with Crippen molar-refractivity contribution in [1.29, 1.82) is 0 Å². The van der Waals surface area contributed by atoms with Gasteiger partial charge in [-0.25, -0.2) is 0 Å². The Balaban J connectivity index is 0.00000256. The van der Waals surface area contributed by atoms with E-state index in [4.69, 9.17) is 15.9 Å². The van der Waals surface area contributed by atoms with E-state index in [2.05, 4.69) is 11.2 Å². The summed E-state index contributed by atoms with van der Waals surface area (Å²) in [4.78, 5) is 0. The van der Waals surface area contributed by atoms with Crippen LogP contribution in [0.1, 0.15) is 5.56 Å². The Morgan fingerprint density at radius 3 is 2.59 bits per heavy atom. The molecule has 0 fully saturated rings. The highest BCUT2D eigenvalue weighted by molar-refractivity contribution is 5.85. The van der Waals surface area contributed by atoms with Crippen LogP contribution in [-0.2, 0) is 11.3 Å². The molecule has 1 rings (SSSR count). The van der Waals surface area contributed by atoms with E-state index in [1.165, 1.54) is 5.56 Å². The van der Waals surface area contributed by atoms with Crippen LogP contribution in [-0.4, -0.2) is 26.9 Å². The molecule has 0 radical (unpaired) electrons. The van der Waals surface area contributed by atoms with E-state index in [0.717, 1.165) is 25.4 Å². The molecular formula is C13H18ClNO2. The monoisotopic (exact) mass is 255 g/mol. The van der Waals surface area contributed by atoms with E-state index in [1.807, 2.05) is 24.3 Å². The number of hydrogen-bond donors (Lipinski definition) is 1. The molecule has 0 saturated carbocycles. The molecule has 0 saturated heterocycles. The van der Waals surface area contributed by atoms with E-state index >= 15 is 0 Å². The van der Waals surface area contributed by atoms with Crippen molar-refractivity contribution >= 4 is 12.4 Å². The van der Waals surface area contributed by atoms with Gasteiger partial charge in [-0.1, -0.05) is 18.1 Å². The van der Waals surface area contributed by atoms with Gasteiger partial charge in [-0.2, -0.15) is 0 Å². The van der Waals surface area contributed by atoms with Crippen LogP contribution in [0.5, 0.6) is 5.75 Å². The van der Waals surface area contributed by atoms with Crippen LogP contribution in [0, 0.1) is 12.3 Å². The van der Waals surface area contributed by atoms with Gasteiger partial charge < -0.3 is 14.8 Å². The Hall–Kier alpha value is -1.21. The summed E-state index contributed by atoms with van der Waals surface area (Å²) in [7, 11) is 1.69. The molecular weight excluding hydrogens is 238 g/mol. The van der Waals surface area contributed by atoms with Crippen molar-refractivity contribution < 1.29 is 9.47 Å². The minimum Gasteiger partial charge on any atom is -0.481 e. The first-order valence-corrected chi connectivity index (χ1v) is 5.21. The van der Waals surface area contributed by atoms with Crippen LogP contribution in [0.25, 0.3) is 0 Å². The lowest BCUT2D eigenvalue weighted by atomic mass is 10.2. The zero-order valence-electron chi connectivity index (χ0n) is 9.94. The maximum Gasteiger partial charge on any atom is 0.148 e. The summed E-state index contributed by atoms with van der Waals surface area (Å²) in [6, 6.07) is 7.88. The third-order valence-electron chi connectivity index (χ3n) is 2.06. The Kier molecular flexibility index (Phi) is 9.27. The largest absolute Gasteiger partial charge is 0.481 e. The van der Waals surface area contributed by atoms with Gasteiger partial charge in [-0.3, -0.25) is 0 Å². The highest BCUT2D eigenvalue weighted by Crippen LogP contribution is 2.11. The van der Waals surface area contributed by atoms with Crippen LogP contribution < -0.4 is 10.1 Å². The Labute approximate surface area is 109 Å². The van der Waals surface area contributed by atoms with Crippen molar-refractivity contribution in [3.63, 3.8) is 0 Å². The first-order valence-electron chi connectivity index (χ1n) is 5.21. The lowest BCUT2D eigenvalue weighted by Crippen LogP contribution is -2.18. The zero-order chi connectivity index (χ0) is 11.6. The van der Waals surface area contributed by atoms with Gasteiger partial charge in [0.15, 0.2) is 0 Å². The molecule has 4 heteroatoms. The Bertz CT molecular complexity index is 332. The first kappa shape index (κ1) is 15.8. The maximum atomic E-state index is 5.28. The normalized spacial score (nSPS) is 9.18. The van der Waals surface area contributed by atoms with Crippen molar-refractivity contribution in [1.82, 2.24) is 5.32 Å². The lowest BCUT2D eigenvalue weighted by molar-refractivity contribution is 0.199. The lowest BCUT2D eigenvalue weighted by Gasteiger charge is -2.06. The topological polar surface area (TPSA) is 30.5 Å². The fourth-order valence-electron chi connectivity index (χ4n) is 1.24. The highest BCUT2D eigenvalue weighted by Gasteiger charge is 1.94. The average Bonchev–Trinajstić information content (AvgIpc) is 2.33. The molecule has 0 aromatic heterocycles. The van der Waals surface area contributed by atoms with Gasteiger partial charge in [0, 0.05) is 20.2 Å². The first-order chi connectivity index (χ1) is 7.86. The Morgan fingerprint density at radius 2 is 2.00 bits per heavy atom. The third-order valence-corrected chi connectivity index (χ3v) is 2.06. The van der Waals surface area contributed by atoms with Crippen LogP contribution in [0.4, 0.5) is 0 Å². The predicted octanol–water partition coefficient (Wildman–Crippen LogP) is 1.86. The molecule has 1 aromatic rings. The molecule has 0 unspecified atom stereocenters. The number of hydrogen-bond acceptors (Lipinski definition) is 3. The van der Waals surface area contributed by atoms with E-state index in [-0.39, 0.29) is 12.4 Å². The SMILES string of the molecule is C#CCOc1ccc(CNCCOC)cc1.Cl. The highest BCUT2D eigenvalue weighted by atomic mass is 35.5. The number of nitrogens with one attached hydrogen (secondary N) is 1. The summed E-state index contributed by atoms with van der Waals surface area (Å²) in [6.07, 6.45) is 5.10. The quantitative estimate of drug-likeness (QED) is 0.596. The summed E-state index contributed by atoms with van der Waals surface area (Å²) >= 11 is 0. The van der Waals surface area contributed by atoms with Crippen molar-refractivity contribution in [3.8, 4) is 18.1 Å². The third kappa shape index (κ3) is 6.85. The summed E-state index contributed by atoms with van der Waals surface area (Å²) in [5.74, 6) is 3.23. The van der Waals surface area contributed by atoms with E-state index < -0.39 is 0 Å². The molecule has 17 heavy (non-hydrogen) atoms.